The second-order valence-corrected chi connectivity index (χ2v) is 7.89. The van der Waals surface area contributed by atoms with Crippen molar-refractivity contribution < 1.29 is 9.84 Å². The summed E-state index contributed by atoms with van der Waals surface area (Å²) < 4.78 is 9.82. The predicted octanol–water partition coefficient (Wildman–Crippen LogP) is 2.28. The van der Waals surface area contributed by atoms with E-state index in [9.17, 15) is 5.11 Å². The van der Waals surface area contributed by atoms with E-state index in [0.717, 1.165) is 48.7 Å². The zero-order valence-electron chi connectivity index (χ0n) is 14.3. The molecule has 2 saturated heterocycles. The zero-order valence-corrected chi connectivity index (χ0v) is 15.9. The van der Waals surface area contributed by atoms with Crippen molar-refractivity contribution in [3.63, 3.8) is 0 Å². The normalized spacial score (nSPS) is 26.6. The number of nitrogens with one attached hydrogen (secondary N) is 2. The summed E-state index contributed by atoms with van der Waals surface area (Å²) in [6, 6.07) is 1.80. The van der Waals surface area contributed by atoms with Gasteiger partial charge in [0.05, 0.1) is 23.8 Å². The second kappa shape index (κ2) is 8.14. The van der Waals surface area contributed by atoms with E-state index >= 15 is 0 Å². The number of ether oxygens (including phenoxy) is 1. The summed E-state index contributed by atoms with van der Waals surface area (Å²) in [4.78, 5) is 9.07. The van der Waals surface area contributed by atoms with Crippen LogP contribution < -0.4 is 10.6 Å². The number of rotatable bonds is 4. The summed E-state index contributed by atoms with van der Waals surface area (Å²) in [6.07, 6.45) is 4.07. The van der Waals surface area contributed by atoms with Crippen molar-refractivity contribution in [1.29, 1.82) is 0 Å². The smallest absolute Gasteiger partial charge is 0.147 e. The SMILES string of the molecule is O[C@@H]1COCC[C@H]1Nc1cc(-c2nc(C3CCCNC3)ns2)c(Cl)cn1. The molecule has 2 fully saturated rings. The van der Waals surface area contributed by atoms with Crippen molar-refractivity contribution in [1.82, 2.24) is 19.7 Å². The fraction of sp³-hybridized carbons (Fsp3) is 0.588. The monoisotopic (exact) mass is 395 g/mol. The lowest BCUT2D eigenvalue weighted by molar-refractivity contribution is -0.0135. The molecule has 4 heterocycles. The molecular weight excluding hydrogens is 374 g/mol. The van der Waals surface area contributed by atoms with E-state index in [1.54, 1.807) is 6.20 Å². The molecular formula is C17H22ClN5O2S. The van der Waals surface area contributed by atoms with Crippen molar-refractivity contribution in [2.24, 2.45) is 0 Å². The summed E-state index contributed by atoms with van der Waals surface area (Å²) in [5, 5.41) is 18.1. The van der Waals surface area contributed by atoms with Gasteiger partial charge in [0.1, 0.15) is 16.6 Å². The van der Waals surface area contributed by atoms with E-state index in [4.69, 9.17) is 21.3 Å². The number of nitrogens with zero attached hydrogens (tertiary/aromatic N) is 3. The highest BCUT2D eigenvalue weighted by Gasteiger charge is 2.25. The molecule has 7 nitrogen and oxygen atoms in total. The highest BCUT2D eigenvalue weighted by molar-refractivity contribution is 7.09. The third-order valence-corrected chi connectivity index (χ3v) is 5.91. The minimum absolute atomic E-state index is 0.0800. The zero-order chi connectivity index (χ0) is 17.9. The topological polar surface area (TPSA) is 92.2 Å². The maximum Gasteiger partial charge on any atom is 0.147 e. The molecule has 9 heteroatoms. The fourth-order valence-corrected chi connectivity index (χ4v) is 4.37. The Morgan fingerprint density at radius 1 is 1.38 bits per heavy atom. The van der Waals surface area contributed by atoms with Crippen LogP contribution in [0, 0.1) is 0 Å². The molecule has 0 bridgehead atoms. The fourth-order valence-electron chi connectivity index (χ4n) is 3.35. The Bertz CT molecular complexity index is 753. The van der Waals surface area contributed by atoms with Crippen molar-refractivity contribution in [2.45, 2.75) is 37.3 Å². The lowest BCUT2D eigenvalue weighted by atomic mass is 9.99. The third-order valence-electron chi connectivity index (χ3n) is 4.85. The van der Waals surface area contributed by atoms with E-state index in [2.05, 4.69) is 20.0 Å². The summed E-state index contributed by atoms with van der Waals surface area (Å²) in [7, 11) is 0. The van der Waals surface area contributed by atoms with Crippen molar-refractivity contribution in [3.8, 4) is 10.6 Å². The molecule has 4 rings (SSSR count). The molecule has 2 aromatic rings. The van der Waals surface area contributed by atoms with Gasteiger partial charge in [0, 0.05) is 30.8 Å². The molecule has 1 unspecified atom stereocenters. The molecule has 0 amide bonds. The average molecular weight is 396 g/mol. The van der Waals surface area contributed by atoms with Crippen LogP contribution in [0.15, 0.2) is 12.3 Å². The van der Waals surface area contributed by atoms with Gasteiger partial charge >= 0.3 is 0 Å². The number of halogens is 1. The van der Waals surface area contributed by atoms with Crippen molar-refractivity contribution in [3.05, 3.63) is 23.1 Å². The largest absolute Gasteiger partial charge is 0.389 e. The molecule has 0 radical (unpaired) electrons. The lowest BCUT2D eigenvalue weighted by Gasteiger charge is -2.28. The molecule has 0 aliphatic carbocycles. The van der Waals surface area contributed by atoms with Crippen LogP contribution in [0.3, 0.4) is 0 Å². The Hall–Kier alpha value is -1.32. The van der Waals surface area contributed by atoms with Gasteiger partial charge < -0.3 is 20.5 Å². The third kappa shape index (κ3) is 3.99. The number of anilines is 1. The molecule has 140 valence electrons. The van der Waals surface area contributed by atoms with Gasteiger partial charge in [0.2, 0.25) is 0 Å². The number of hydrogen-bond acceptors (Lipinski definition) is 8. The van der Waals surface area contributed by atoms with E-state index in [0.29, 0.717) is 30.0 Å². The molecule has 26 heavy (non-hydrogen) atoms. The van der Waals surface area contributed by atoms with Crippen LogP contribution >= 0.6 is 23.1 Å². The Labute approximate surface area is 161 Å². The summed E-state index contributed by atoms with van der Waals surface area (Å²) in [5.74, 6) is 1.93. The second-order valence-electron chi connectivity index (χ2n) is 6.73. The molecule has 3 N–H and O–H groups in total. The first kappa shape index (κ1) is 18.1. The Morgan fingerprint density at radius 3 is 3.12 bits per heavy atom. The van der Waals surface area contributed by atoms with Gasteiger partial charge in [-0.3, -0.25) is 0 Å². The highest BCUT2D eigenvalue weighted by Crippen LogP contribution is 2.33. The summed E-state index contributed by atoms with van der Waals surface area (Å²) in [5.41, 5.74) is 0.818. The number of aliphatic hydroxyl groups is 1. The Balaban J connectivity index is 1.53. The minimum atomic E-state index is -0.545. The van der Waals surface area contributed by atoms with Crippen LogP contribution in [0.5, 0.6) is 0 Å². The van der Waals surface area contributed by atoms with Crippen molar-refractivity contribution >= 4 is 29.0 Å². The van der Waals surface area contributed by atoms with Crippen LogP contribution in [0.2, 0.25) is 5.02 Å². The van der Waals surface area contributed by atoms with Gasteiger partial charge in [-0.05, 0) is 43.4 Å². The number of piperidine rings is 1. The van der Waals surface area contributed by atoms with Crippen LogP contribution in [0.4, 0.5) is 5.82 Å². The molecule has 0 spiro atoms. The Kier molecular flexibility index (Phi) is 5.66. The minimum Gasteiger partial charge on any atom is -0.389 e. The quantitative estimate of drug-likeness (QED) is 0.731. The van der Waals surface area contributed by atoms with Crippen LogP contribution in [0.1, 0.15) is 31.0 Å². The highest BCUT2D eigenvalue weighted by atomic mass is 35.5. The number of pyridine rings is 1. The first-order valence-corrected chi connectivity index (χ1v) is 10.1. The molecule has 0 saturated carbocycles. The van der Waals surface area contributed by atoms with Gasteiger partial charge in [-0.25, -0.2) is 9.97 Å². The first-order valence-electron chi connectivity index (χ1n) is 8.93. The van der Waals surface area contributed by atoms with Crippen LogP contribution in [0.25, 0.3) is 10.6 Å². The van der Waals surface area contributed by atoms with E-state index in [1.165, 1.54) is 11.5 Å². The maximum atomic E-state index is 10.1. The van der Waals surface area contributed by atoms with Crippen molar-refractivity contribution in [2.75, 3.05) is 31.6 Å². The number of hydrogen-bond donors (Lipinski definition) is 3. The van der Waals surface area contributed by atoms with E-state index in [-0.39, 0.29) is 6.04 Å². The number of aromatic nitrogens is 3. The van der Waals surface area contributed by atoms with Gasteiger partial charge in [-0.15, -0.1) is 0 Å². The van der Waals surface area contributed by atoms with Gasteiger partial charge in [-0.2, -0.15) is 4.37 Å². The lowest BCUT2D eigenvalue weighted by Crippen LogP contribution is -2.42. The average Bonchev–Trinajstić information content (AvgIpc) is 3.16. The van der Waals surface area contributed by atoms with Crippen LogP contribution in [-0.2, 0) is 4.74 Å². The van der Waals surface area contributed by atoms with Crippen LogP contribution in [-0.4, -0.2) is 57.9 Å². The molecule has 2 aromatic heterocycles. The predicted molar refractivity (Wildman–Crippen MR) is 102 cm³/mol. The molecule has 2 aliphatic rings. The Morgan fingerprint density at radius 2 is 2.31 bits per heavy atom. The van der Waals surface area contributed by atoms with E-state index in [1.807, 2.05) is 6.07 Å². The van der Waals surface area contributed by atoms with E-state index < -0.39 is 6.10 Å². The summed E-state index contributed by atoms with van der Waals surface area (Å²) in [6.45, 7) is 2.96. The van der Waals surface area contributed by atoms with Gasteiger partial charge in [0.25, 0.3) is 0 Å². The molecule has 3 atom stereocenters. The maximum absolute atomic E-state index is 10.1. The van der Waals surface area contributed by atoms with Gasteiger partial charge in [0.15, 0.2) is 0 Å². The standard InChI is InChI=1S/C17H22ClN5O2S/c18-12-8-20-15(21-13-3-5-25-9-14(13)24)6-11(12)17-22-16(23-26-17)10-2-1-4-19-7-10/h6,8,10,13-14,19,24H,1-5,7,9H2,(H,20,21)/t10?,13-,14-/m1/s1. The van der Waals surface area contributed by atoms with Gasteiger partial charge in [-0.1, -0.05) is 11.6 Å². The molecule has 0 aromatic carbocycles. The number of aliphatic hydroxyl groups excluding tert-OH is 1. The molecule has 2 aliphatic heterocycles. The first-order chi connectivity index (χ1) is 12.7. The summed E-state index contributed by atoms with van der Waals surface area (Å²) >= 11 is 7.73.